The second-order valence-corrected chi connectivity index (χ2v) is 9.35. The molecule has 1 aromatic heterocycles. The summed E-state index contributed by atoms with van der Waals surface area (Å²) < 4.78 is 0. The zero-order chi connectivity index (χ0) is 22.1. The molecule has 6 heteroatoms. The van der Waals surface area contributed by atoms with Crippen molar-refractivity contribution in [2.24, 2.45) is 5.92 Å². The lowest BCUT2D eigenvalue weighted by Crippen LogP contribution is -2.51. The molecule has 0 spiro atoms. The summed E-state index contributed by atoms with van der Waals surface area (Å²) in [7, 11) is 0. The lowest BCUT2D eigenvalue weighted by atomic mass is 9.95. The number of likely N-dealkylation sites (tertiary alicyclic amines) is 1. The minimum absolute atomic E-state index is 0.161. The number of piperazine rings is 1. The fraction of sp³-hybridized carbons (Fsp3) is 0.462. The molecule has 2 aliphatic heterocycles. The molecule has 2 fully saturated rings. The number of benzene rings is 2. The Kier molecular flexibility index (Phi) is 5.87. The Morgan fingerprint density at radius 1 is 1.00 bits per heavy atom. The number of nitrogens with zero attached hydrogens (tertiary/aromatic N) is 4. The minimum atomic E-state index is 0.161. The minimum Gasteiger partial charge on any atom is -0.368 e. The van der Waals surface area contributed by atoms with E-state index in [1.165, 1.54) is 16.8 Å². The van der Waals surface area contributed by atoms with E-state index < -0.39 is 0 Å². The third-order valence-corrected chi connectivity index (χ3v) is 7.05. The zero-order valence-corrected chi connectivity index (χ0v) is 19.2. The largest absolute Gasteiger partial charge is 0.368 e. The molecule has 32 heavy (non-hydrogen) atoms. The van der Waals surface area contributed by atoms with Crippen LogP contribution in [-0.2, 0) is 11.3 Å². The zero-order valence-electron chi connectivity index (χ0n) is 19.2. The topological polar surface area (TPSA) is 55.5 Å². The number of rotatable bonds is 4. The fourth-order valence-corrected chi connectivity index (χ4v) is 5.12. The molecule has 0 atom stereocenters. The van der Waals surface area contributed by atoms with E-state index in [-0.39, 0.29) is 5.92 Å². The van der Waals surface area contributed by atoms with Crippen LogP contribution in [0.1, 0.15) is 29.8 Å². The fourth-order valence-electron chi connectivity index (χ4n) is 5.12. The molecule has 0 bridgehead atoms. The van der Waals surface area contributed by atoms with Crippen molar-refractivity contribution in [2.75, 3.05) is 44.2 Å². The molecule has 168 valence electrons. The first-order chi connectivity index (χ1) is 15.6. The number of hydrogen-bond donors (Lipinski definition) is 1. The van der Waals surface area contributed by atoms with Gasteiger partial charge in [-0.05, 0) is 69.1 Å². The highest BCUT2D eigenvalue weighted by molar-refractivity contribution is 5.79. The van der Waals surface area contributed by atoms with E-state index in [2.05, 4.69) is 57.8 Å². The number of aromatic nitrogens is 2. The molecule has 3 heterocycles. The summed E-state index contributed by atoms with van der Waals surface area (Å²) in [4.78, 5) is 28.2. The summed E-state index contributed by atoms with van der Waals surface area (Å²) in [5, 5.41) is 0. The summed E-state index contributed by atoms with van der Waals surface area (Å²) in [5.41, 5.74) is 6.03. The lowest BCUT2D eigenvalue weighted by molar-refractivity contribution is -0.137. The molecular formula is C26H33N5O. The number of amides is 1. The number of carbonyl (C=O) groups excluding carboxylic acids is 1. The Bertz CT molecular complexity index is 1060. The maximum absolute atomic E-state index is 13.2. The Morgan fingerprint density at radius 3 is 2.50 bits per heavy atom. The summed E-state index contributed by atoms with van der Waals surface area (Å²) in [6, 6.07) is 14.8. The predicted octanol–water partition coefficient (Wildman–Crippen LogP) is 3.74. The standard InChI is InChI=1S/C26H33N5O/c1-19-7-8-20(2)24(17-19)30-13-15-31(16-14-30)26(32)21-9-11-29(12-10-21)18-25-27-22-5-3-4-6-23(22)28-25/h3-8,17,21H,9-16,18H2,1-2H3,(H,27,28). The molecule has 0 radical (unpaired) electrons. The van der Waals surface area contributed by atoms with Crippen molar-refractivity contribution < 1.29 is 4.79 Å². The highest BCUT2D eigenvalue weighted by atomic mass is 16.2. The number of fused-ring (bicyclic) bond motifs is 1. The Morgan fingerprint density at radius 2 is 1.75 bits per heavy atom. The Balaban J connectivity index is 1.12. The van der Waals surface area contributed by atoms with Gasteiger partial charge in [-0.25, -0.2) is 4.98 Å². The van der Waals surface area contributed by atoms with Gasteiger partial charge in [-0.2, -0.15) is 0 Å². The van der Waals surface area contributed by atoms with Gasteiger partial charge in [0.15, 0.2) is 0 Å². The smallest absolute Gasteiger partial charge is 0.225 e. The molecule has 6 nitrogen and oxygen atoms in total. The molecule has 1 amide bonds. The van der Waals surface area contributed by atoms with Gasteiger partial charge in [0.2, 0.25) is 5.91 Å². The molecule has 5 rings (SSSR count). The second kappa shape index (κ2) is 8.94. The van der Waals surface area contributed by atoms with Crippen molar-refractivity contribution in [1.29, 1.82) is 0 Å². The van der Waals surface area contributed by atoms with Crippen LogP contribution in [-0.4, -0.2) is 64.9 Å². The van der Waals surface area contributed by atoms with Gasteiger partial charge in [-0.15, -0.1) is 0 Å². The van der Waals surface area contributed by atoms with Gasteiger partial charge < -0.3 is 14.8 Å². The van der Waals surface area contributed by atoms with E-state index in [1.54, 1.807) is 0 Å². The van der Waals surface area contributed by atoms with E-state index >= 15 is 0 Å². The average Bonchev–Trinajstić information content (AvgIpc) is 3.23. The van der Waals surface area contributed by atoms with Crippen LogP contribution in [0, 0.1) is 19.8 Å². The number of aryl methyl sites for hydroxylation is 2. The lowest BCUT2D eigenvalue weighted by Gasteiger charge is -2.39. The van der Waals surface area contributed by atoms with E-state index in [0.717, 1.165) is 75.5 Å². The average molecular weight is 432 g/mol. The normalized spacial score (nSPS) is 18.4. The number of hydrogen-bond acceptors (Lipinski definition) is 4. The third kappa shape index (κ3) is 4.37. The van der Waals surface area contributed by atoms with E-state index in [4.69, 9.17) is 4.98 Å². The first-order valence-electron chi connectivity index (χ1n) is 11.8. The van der Waals surface area contributed by atoms with Crippen LogP contribution < -0.4 is 4.90 Å². The van der Waals surface area contributed by atoms with Crippen LogP contribution in [0.4, 0.5) is 5.69 Å². The first kappa shape index (κ1) is 21.0. The van der Waals surface area contributed by atoms with Crippen molar-refractivity contribution >= 4 is 22.6 Å². The quantitative estimate of drug-likeness (QED) is 0.684. The molecule has 0 aliphatic carbocycles. The molecule has 0 saturated carbocycles. The molecule has 2 aromatic carbocycles. The second-order valence-electron chi connectivity index (χ2n) is 9.35. The number of anilines is 1. The number of imidazole rings is 1. The Hall–Kier alpha value is -2.86. The van der Waals surface area contributed by atoms with Crippen molar-refractivity contribution in [2.45, 2.75) is 33.2 Å². The number of aromatic amines is 1. The van der Waals surface area contributed by atoms with E-state index in [1.807, 2.05) is 18.2 Å². The summed E-state index contributed by atoms with van der Waals surface area (Å²) in [6.07, 6.45) is 1.88. The van der Waals surface area contributed by atoms with Gasteiger partial charge in [-0.1, -0.05) is 24.3 Å². The third-order valence-electron chi connectivity index (χ3n) is 7.05. The maximum Gasteiger partial charge on any atom is 0.225 e. The van der Waals surface area contributed by atoms with Crippen LogP contribution in [0.25, 0.3) is 11.0 Å². The number of H-pyrrole nitrogens is 1. The molecule has 2 saturated heterocycles. The van der Waals surface area contributed by atoms with Crippen LogP contribution in [0.2, 0.25) is 0 Å². The summed E-state index contributed by atoms with van der Waals surface area (Å²) in [6.45, 7) is 10.5. The molecular weight excluding hydrogens is 398 g/mol. The van der Waals surface area contributed by atoms with Crippen molar-refractivity contribution in [3.8, 4) is 0 Å². The van der Waals surface area contributed by atoms with Gasteiger partial charge in [0.05, 0.1) is 17.6 Å². The highest BCUT2D eigenvalue weighted by Gasteiger charge is 2.31. The monoisotopic (exact) mass is 431 g/mol. The Labute approximate surface area is 190 Å². The molecule has 1 N–H and O–H groups in total. The summed E-state index contributed by atoms with van der Waals surface area (Å²) in [5.74, 6) is 1.53. The van der Waals surface area contributed by atoms with Crippen molar-refractivity contribution in [1.82, 2.24) is 19.8 Å². The van der Waals surface area contributed by atoms with Gasteiger partial charge >= 0.3 is 0 Å². The van der Waals surface area contributed by atoms with Gasteiger partial charge in [0.1, 0.15) is 5.82 Å². The van der Waals surface area contributed by atoms with E-state index in [0.29, 0.717) is 5.91 Å². The van der Waals surface area contributed by atoms with Crippen molar-refractivity contribution in [3.63, 3.8) is 0 Å². The van der Waals surface area contributed by atoms with E-state index in [9.17, 15) is 4.79 Å². The molecule has 0 unspecified atom stereocenters. The summed E-state index contributed by atoms with van der Waals surface area (Å²) >= 11 is 0. The van der Waals surface area contributed by atoms with Gasteiger partial charge in [0, 0.05) is 37.8 Å². The first-order valence-corrected chi connectivity index (χ1v) is 11.8. The number of carbonyl (C=O) groups is 1. The van der Waals surface area contributed by atoms with Crippen LogP contribution in [0.5, 0.6) is 0 Å². The number of nitrogens with one attached hydrogen (secondary N) is 1. The predicted molar refractivity (Wildman–Crippen MR) is 129 cm³/mol. The van der Waals surface area contributed by atoms with Crippen LogP contribution >= 0.6 is 0 Å². The van der Waals surface area contributed by atoms with Crippen molar-refractivity contribution in [3.05, 3.63) is 59.4 Å². The van der Waals surface area contributed by atoms with Crippen LogP contribution in [0.15, 0.2) is 42.5 Å². The highest BCUT2D eigenvalue weighted by Crippen LogP contribution is 2.25. The molecule has 3 aromatic rings. The maximum atomic E-state index is 13.2. The van der Waals surface area contributed by atoms with Crippen LogP contribution in [0.3, 0.4) is 0 Å². The molecule has 2 aliphatic rings. The van der Waals surface area contributed by atoms with Gasteiger partial charge in [-0.3, -0.25) is 9.69 Å². The SMILES string of the molecule is Cc1ccc(C)c(N2CCN(C(=O)C3CCN(Cc4nc5ccccc5[nH]4)CC3)CC2)c1. The van der Waals surface area contributed by atoms with Gasteiger partial charge in [0.25, 0.3) is 0 Å². The number of piperidine rings is 1. The number of para-hydroxylation sites is 2.